The maximum Gasteiger partial charge on any atom is 0.265 e. The molecule has 0 heterocycles. The monoisotopic (exact) mass is 310 g/mol. The number of amides is 1. The van der Waals surface area contributed by atoms with Gasteiger partial charge < -0.3 is 10.6 Å². The second-order valence-electron chi connectivity index (χ2n) is 5.98. The highest BCUT2D eigenvalue weighted by Crippen LogP contribution is 2.34. The molecule has 8 heteroatoms. The molecule has 0 aliphatic rings. The summed E-state index contributed by atoms with van der Waals surface area (Å²) in [5.74, 6) is 3.92. The number of primary amides is 1. The van der Waals surface area contributed by atoms with Crippen molar-refractivity contribution < 1.29 is 22.6 Å². The molecule has 7 nitrogen and oxygen atoms in total. The van der Waals surface area contributed by atoms with Gasteiger partial charge in [0.25, 0.3) is 10.1 Å². The van der Waals surface area contributed by atoms with Crippen molar-refractivity contribution in [2.75, 3.05) is 5.75 Å². The molecule has 1 amide bonds. The van der Waals surface area contributed by atoms with Crippen molar-refractivity contribution in [3.63, 3.8) is 0 Å². The minimum absolute atomic E-state index is 0.140. The lowest BCUT2D eigenvalue weighted by atomic mass is 9.76. The Bertz CT molecular complexity index is 422. The number of hydrogen-bond acceptors (Lipinski definition) is 5. The summed E-state index contributed by atoms with van der Waals surface area (Å²) >= 11 is 0. The Kier molecular flexibility index (Phi) is 7.09. The minimum Gasteiger partial charge on any atom is -0.369 e. The molecule has 0 aliphatic carbocycles. The van der Waals surface area contributed by atoms with Gasteiger partial charge >= 0.3 is 0 Å². The van der Waals surface area contributed by atoms with Gasteiger partial charge in [0.05, 0.1) is 11.9 Å². The molecule has 5 N–H and O–H groups in total. The molecule has 0 saturated carbocycles. The summed E-state index contributed by atoms with van der Waals surface area (Å²) in [6.07, 6.45) is 0.480. The topological polar surface area (TPSA) is 133 Å². The summed E-state index contributed by atoms with van der Waals surface area (Å²) < 4.78 is 31.2. The molecule has 3 atom stereocenters. The first-order chi connectivity index (χ1) is 8.94. The van der Waals surface area contributed by atoms with Crippen molar-refractivity contribution in [3.8, 4) is 0 Å². The third kappa shape index (κ3) is 6.17. The molecule has 0 rings (SSSR count). The van der Waals surface area contributed by atoms with Crippen LogP contribution in [0.25, 0.3) is 0 Å². The van der Waals surface area contributed by atoms with E-state index in [4.69, 9.17) is 21.0 Å². The third-order valence-electron chi connectivity index (χ3n) is 3.57. The summed E-state index contributed by atoms with van der Waals surface area (Å²) in [7, 11) is -4.15. The van der Waals surface area contributed by atoms with Crippen LogP contribution in [0.2, 0.25) is 0 Å². The fourth-order valence-corrected chi connectivity index (χ4v) is 3.66. The average Bonchev–Trinajstić information content (AvgIpc) is 2.24. The standard InChI is InChI=1S/C12H26N2O5S/c1-5-9(6-8(2)11(13)15)10(19-14)12(3,4)7-20(16,17)18/h8-10H,5-7,14H2,1-4H3,(H2,13,15)(H,16,17,18). The smallest absolute Gasteiger partial charge is 0.265 e. The molecule has 0 aromatic heterocycles. The van der Waals surface area contributed by atoms with E-state index in [0.717, 1.165) is 0 Å². The minimum atomic E-state index is -4.15. The predicted octanol–water partition coefficient (Wildman–Crippen LogP) is 0.697. The van der Waals surface area contributed by atoms with E-state index in [2.05, 4.69) is 0 Å². The van der Waals surface area contributed by atoms with Crippen molar-refractivity contribution in [2.45, 2.75) is 46.6 Å². The summed E-state index contributed by atoms with van der Waals surface area (Å²) in [6.45, 7) is 6.90. The van der Waals surface area contributed by atoms with Crippen LogP contribution in [-0.2, 0) is 19.8 Å². The predicted molar refractivity (Wildman–Crippen MR) is 76.0 cm³/mol. The number of rotatable bonds is 9. The number of hydrogen-bond donors (Lipinski definition) is 3. The van der Waals surface area contributed by atoms with Gasteiger partial charge in [-0.1, -0.05) is 34.1 Å². The summed E-state index contributed by atoms with van der Waals surface area (Å²) in [6, 6.07) is 0. The Hall–Kier alpha value is -0.700. The van der Waals surface area contributed by atoms with Gasteiger partial charge in [0, 0.05) is 11.3 Å². The van der Waals surface area contributed by atoms with Crippen LogP contribution in [0.5, 0.6) is 0 Å². The summed E-state index contributed by atoms with van der Waals surface area (Å²) in [4.78, 5) is 16.1. The molecule has 0 spiro atoms. The van der Waals surface area contributed by atoms with Gasteiger partial charge in [-0.3, -0.25) is 9.35 Å². The lowest BCUT2D eigenvalue weighted by Gasteiger charge is -2.37. The highest BCUT2D eigenvalue weighted by molar-refractivity contribution is 7.85. The van der Waals surface area contributed by atoms with Crippen LogP contribution in [-0.4, -0.2) is 30.7 Å². The Morgan fingerprint density at radius 3 is 2.20 bits per heavy atom. The van der Waals surface area contributed by atoms with E-state index >= 15 is 0 Å². The van der Waals surface area contributed by atoms with E-state index in [-0.39, 0.29) is 11.8 Å². The van der Waals surface area contributed by atoms with E-state index in [1.165, 1.54) is 0 Å². The second kappa shape index (κ2) is 7.35. The van der Waals surface area contributed by atoms with Crippen molar-refractivity contribution in [2.24, 2.45) is 28.9 Å². The van der Waals surface area contributed by atoms with Crippen LogP contribution >= 0.6 is 0 Å². The summed E-state index contributed by atoms with van der Waals surface area (Å²) in [5, 5.41) is 0. The molecular weight excluding hydrogens is 284 g/mol. The zero-order valence-electron chi connectivity index (χ0n) is 12.5. The van der Waals surface area contributed by atoms with Gasteiger partial charge in [-0.2, -0.15) is 8.42 Å². The van der Waals surface area contributed by atoms with E-state index < -0.39 is 33.3 Å². The van der Waals surface area contributed by atoms with Gasteiger partial charge in [-0.05, 0) is 12.3 Å². The first kappa shape index (κ1) is 19.3. The van der Waals surface area contributed by atoms with E-state index in [1.807, 2.05) is 6.92 Å². The van der Waals surface area contributed by atoms with Crippen LogP contribution in [0.15, 0.2) is 0 Å². The van der Waals surface area contributed by atoms with Crippen molar-refractivity contribution >= 4 is 16.0 Å². The Labute approximate surface area is 120 Å². The molecule has 0 radical (unpaired) electrons. The fourth-order valence-electron chi connectivity index (χ4n) is 2.56. The zero-order valence-corrected chi connectivity index (χ0v) is 13.3. The fraction of sp³-hybridized carbons (Fsp3) is 0.917. The first-order valence-corrected chi connectivity index (χ1v) is 8.15. The Morgan fingerprint density at radius 2 is 1.90 bits per heavy atom. The highest BCUT2D eigenvalue weighted by atomic mass is 32.2. The van der Waals surface area contributed by atoms with Crippen molar-refractivity contribution in [1.29, 1.82) is 0 Å². The molecular formula is C12H26N2O5S. The van der Waals surface area contributed by atoms with Gasteiger partial charge in [0.15, 0.2) is 0 Å². The Balaban J connectivity index is 5.14. The van der Waals surface area contributed by atoms with Gasteiger partial charge in [-0.15, -0.1) is 0 Å². The van der Waals surface area contributed by atoms with Crippen LogP contribution in [0.1, 0.15) is 40.5 Å². The van der Waals surface area contributed by atoms with Crippen LogP contribution in [0.3, 0.4) is 0 Å². The van der Waals surface area contributed by atoms with E-state index in [9.17, 15) is 13.2 Å². The molecule has 0 bridgehead atoms. The largest absolute Gasteiger partial charge is 0.369 e. The third-order valence-corrected chi connectivity index (χ3v) is 4.67. The maximum absolute atomic E-state index is 11.2. The zero-order chi connectivity index (χ0) is 16.1. The molecule has 20 heavy (non-hydrogen) atoms. The SMILES string of the molecule is CCC(CC(C)C(N)=O)C(ON)C(C)(C)CS(=O)(=O)O. The molecule has 0 aliphatic heterocycles. The molecule has 0 aromatic rings. The Morgan fingerprint density at radius 1 is 1.40 bits per heavy atom. The molecule has 120 valence electrons. The highest BCUT2D eigenvalue weighted by Gasteiger charge is 2.39. The first-order valence-electron chi connectivity index (χ1n) is 6.54. The quantitative estimate of drug-likeness (QED) is 0.424. The van der Waals surface area contributed by atoms with Crippen molar-refractivity contribution in [3.05, 3.63) is 0 Å². The molecule has 0 fully saturated rings. The normalized spacial score (nSPS) is 17.5. The maximum atomic E-state index is 11.2. The van der Waals surface area contributed by atoms with Gasteiger partial charge in [-0.25, -0.2) is 5.90 Å². The van der Waals surface area contributed by atoms with E-state index in [0.29, 0.717) is 12.8 Å². The van der Waals surface area contributed by atoms with Crippen LogP contribution in [0, 0.1) is 17.3 Å². The van der Waals surface area contributed by atoms with Crippen LogP contribution < -0.4 is 11.6 Å². The number of carbonyl (C=O) groups excluding carboxylic acids is 1. The van der Waals surface area contributed by atoms with E-state index in [1.54, 1.807) is 20.8 Å². The lowest BCUT2D eigenvalue weighted by molar-refractivity contribution is -0.123. The van der Waals surface area contributed by atoms with Crippen LogP contribution in [0.4, 0.5) is 0 Å². The van der Waals surface area contributed by atoms with Gasteiger partial charge in [0.2, 0.25) is 5.91 Å². The molecule has 0 saturated heterocycles. The average molecular weight is 310 g/mol. The lowest BCUT2D eigenvalue weighted by Crippen LogP contribution is -2.45. The van der Waals surface area contributed by atoms with Crippen molar-refractivity contribution in [1.82, 2.24) is 0 Å². The number of nitrogens with two attached hydrogens (primary N) is 2. The molecule has 0 aromatic carbocycles. The second-order valence-corrected chi connectivity index (χ2v) is 7.43. The number of carbonyl (C=O) groups is 1. The summed E-state index contributed by atoms with van der Waals surface area (Å²) in [5.41, 5.74) is 4.36. The molecule has 3 unspecified atom stereocenters. The van der Waals surface area contributed by atoms with Gasteiger partial charge in [0.1, 0.15) is 0 Å².